The van der Waals surface area contributed by atoms with Gasteiger partial charge in [0, 0.05) is 5.57 Å². The molecular formula is C17H24O5. The largest absolute Gasteiger partial charge is 0.504 e. The molecule has 1 N–H and O–H groups in total. The predicted octanol–water partition coefficient (Wildman–Crippen LogP) is 2.87. The third-order valence-electron chi connectivity index (χ3n) is 4.25. The van der Waals surface area contributed by atoms with E-state index in [0.29, 0.717) is 30.1 Å². The lowest BCUT2D eigenvalue weighted by Gasteiger charge is -2.45. The molecule has 2 fully saturated rings. The molecule has 122 valence electrons. The van der Waals surface area contributed by atoms with Gasteiger partial charge in [-0.05, 0) is 10.8 Å². The van der Waals surface area contributed by atoms with E-state index in [4.69, 9.17) is 14.2 Å². The molecule has 1 spiro atoms. The number of hydrogen-bond donors (Lipinski definition) is 1. The van der Waals surface area contributed by atoms with Crippen molar-refractivity contribution in [1.82, 2.24) is 0 Å². The zero-order valence-corrected chi connectivity index (χ0v) is 14.1. The minimum absolute atomic E-state index is 0.177. The van der Waals surface area contributed by atoms with Gasteiger partial charge in [-0.1, -0.05) is 41.5 Å². The normalized spacial score (nSPS) is 32.3. The second kappa shape index (κ2) is 4.36. The van der Waals surface area contributed by atoms with Crippen LogP contribution in [0.1, 0.15) is 41.5 Å². The van der Waals surface area contributed by atoms with Crippen LogP contribution in [0.5, 0.6) is 0 Å². The average Bonchev–Trinajstić information content (AvgIpc) is 2.66. The number of Topliss-reactive ketones (excluding diaryl/α,β-unsaturated/α-hetero) is 1. The maximum Gasteiger partial charge on any atom is 0.256 e. The summed E-state index contributed by atoms with van der Waals surface area (Å²) < 4.78 is 18.0. The zero-order chi connectivity index (χ0) is 16.5. The SMILES string of the molecule is CC(C)(C)C1=C2OC[C@@H]3CO[C@]2(O3)C(C(C)(C)C)=C(O)C1=O. The summed E-state index contributed by atoms with van der Waals surface area (Å²) in [6.45, 7) is 12.3. The van der Waals surface area contributed by atoms with Crippen molar-refractivity contribution in [2.75, 3.05) is 13.2 Å². The van der Waals surface area contributed by atoms with Gasteiger partial charge in [-0.15, -0.1) is 0 Å². The van der Waals surface area contributed by atoms with Crippen LogP contribution < -0.4 is 0 Å². The monoisotopic (exact) mass is 308 g/mol. The third kappa shape index (κ3) is 1.95. The van der Waals surface area contributed by atoms with Crippen LogP contribution in [0.25, 0.3) is 0 Å². The molecule has 0 radical (unpaired) electrons. The van der Waals surface area contributed by atoms with Crippen LogP contribution in [-0.2, 0) is 19.0 Å². The number of carbonyl (C=O) groups is 1. The topological polar surface area (TPSA) is 65.0 Å². The Labute approximate surface area is 130 Å². The number of ketones is 1. The van der Waals surface area contributed by atoms with Crippen LogP contribution in [0.3, 0.4) is 0 Å². The molecule has 0 saturated carbocycles. The highest BCUT2D eigenvalue weighted by Gasteiger charge is 2.62. The summed E-state index contributed by atoms with van der Waals surface area (Å²) in [4.78, 5) is 12.8. The molecule has 5 nitrogen and oxygen atoms in total. The van der Waals surface area contributed by atoms with Gasteiger partial charge in [-0.3, -0.25) is 4.79 Å². The predicted molar refractivity (Wildman–Crippen MR) is 80.1 cm³/mol. The van der Waals surface area contributed by atoms with Gasteiger partial charge in [0.1, 0.15) is 12.7 Å². The summed E-state index contributed by atoms with van der Waals surface area (Å²) in [6.07, 6.45) is -0.177. The molecule has 2 saturated heterocycles. The van der Waals surface area contributed by atoms with E-state index in [1.165, 1.54) is 0 Å². The lowest BCUT2D eigenvalue weighted by Crippen LogP contribution is -2.51. The van der Waals surface area contributed by atoms with Crippen molar-refractivity contribution in [2.24, 2.45) is 10.8 Å². The molecule has 22 heavy (non-hydrogen) atoms. The number of aliphatic hydroxyl groups excluding tert-OH is 1. The van der Waals surface area contributed by atoms with E-state index in [9.17, 15) is 9.90 Å². The Balaban J connectivity index is 2.30. The smallest absolute Gasteiger partial charge is 0.256 e. The molecule has 2 aliphatic heterocycles. The lowest BCUT2D eigenvalue weighted by molar-refractivity contribution is -0.187. The Hall–Kier alpha value is -1.33. The Morgan fingerprint density at radius 2 is 1.73 bits per heavy atom. The fraction of sp³-hybridized carbons (Fsp3) is 0.706. The van der Waals surface area contributed by atoms with Crippen molar-refractivity contribution in [2.45, 2.75) is 53.4 Å². The molecular weight excluding hydrogens is 284 g/mol. The Morgan fingerprint density at radius 3 is 2.27 bits per heavy atom. The minimum Gasteiger partial charge on any atom is -0.504 e. The fourth-order valence-corrected chi connectivity index (χ4v) is 3.49. The molecule has 5 heteroatoms. The summed E-state index contributed by atoms with van der Waals surface area (Å²) in [5, 5.41) is 10.6. The van der Waals surface area contributed by atoms with Crippen molar-refractivity contribution in [3.63, 3.8) is 0 Å². The number of allylic oxidation sites excluding steroid dienone is 1. The molecule has 2 atom stereocenters. The van der Waals surface area contributed by atoms with Crippen LogP contribution in [0.4, 0.5) is 0 Å². The average molecular weight is 308 g/mol. The van der Waals surface area contributed by atoms with Crippen LogP contribution in [-0.4, -0.2) is 36.0 Å². The number of rotatable bonds is 0. The van der Waals surface area contributed by atoms with Crippen LogP contribution in [0.2, 0.25) is 0 Å². The summed E-state index contributed by atoms with van der Waals surface area (Å²) in [5.41, 5.74) is -0.100. The van der Waals surface area contributed by atoms with Crippen molar-refractivity contribution >= 4 is 5.78 Å². The first-order chi connectivity index (χ1) is 9.98. The number of carbonyl (C=O) groups excluding carboxylic acids is 1. The third-order valence-corrected chi connectivity index (χ3v) is 4.25. The molecule has 1 aliphatic carbocycles. The highest BCUT2D eigenvalue weighted by atomic mass is 16.8. The van der Waals surface area contributed by atoms with Gasteiger partial charge in [-0.2, -0.15) is 0 Å². The van der Waals surface area contributed by atoms with Gasteiger partial charge in [0.2, 0.25) is 5.78 Å². The molecule has 3 rings (SSSR count). The Bertz CT molecular complexity index is 600. The highest BCUT2D eigenvalue weighted by molar-refractivity contribution is 6.10. The van der Waals surface area contributed by atoms with E-state index in [0.717, 1.165) is 0 Å². The molecule has 2 heterocycles. The van der Waals surface area contributed by atoms with Crippen LogP contribution in [0.15, 0.2) is 22.7 Å². The molecule has 3 aliphatic rings. The van der Waals surface area contributed by atoms with Gasteiger partial charge in [0.05, 0.1) is 12.2 Å². The summed E-state index contributed by atoms with van der Waals surface area (Å²) in [7, 11) is 0. The summed E-state index contributed by atoms with van der Waals surface area (Å²) in [5.74, 6) is -1.51. The van der Waals surface area contributed by atoms with Crippen LogP contribution in [0, 0.1) is 10.8 Å². The number of fused-ring (bicyclic) bond motifs is 1. The van der Waals surface area contributed by atoms with Gasteiger partial charge < -0.3 is 19.3 Å². The fourth-order valence-electron chi connectivity index (χ4n) is 3.49. The lowest BCUT2D eigenvalue weighted by atomic mass is 9.70. The maximum absolute atomic E-state index is 12.8. The summed E-state index contributed by atoms with van der Waals surface area (Å²) >= 11 is 0. The number of hydrogen-bond acceptors (Lipinski definition) is 5. The second-order valence-corrected chi connectivity index (χ2v) is 8.24. The minimum atomic E-state index is -1.26. The number of ether oxygens (including phenoxy) is 3. The highest BCUT2D eigenvalue weighted by Crippen LogP contribution is 2.54. The van der Waals surface area contributed by atoms with Crippen molar-refractivity contribution in [3.8, 4) is 0 Å². The van der Waals surface area contributed by atoms with E-state index in [1.54, 1.807) is 0 Å². The Kier molecular flexibility index (Phi) is 3.08. The van der Waals surface area contributed by atoms with Gasteiger partial charge in [0.25, 0.3) is 5.79 Å². The van der Waals surface area contributed by atoms with Crippen molar-refractivity contribution < 1.29 is 24.1 Å². The first-order valence-electron chi connectivity index (χ1n) is 7.67. The van der Waals surface area contributed by atoms with E-state index >= 15 is 0 Å². The van der Waals surface area contributed by atoms with E-state index in [-0.39, 0.29) is 11.9 Å². The first kappa shape index (κ1) is 15.6. The van der Waals surface area contributed by atoms with E-state index in [1.807, 2.05) is 41.5 Å². The molecule has 2 bridgehead atoms. The Morgan fingerprint density at radius 1 is 1.09 bits per heavy atom. The zero-order valence-electron chi connectivity index (χ0n) is 14.1. The standard InChI is InChI=1S/C17H24O5/c1-15(2,3)10-11(18)12(19)13(16(4,5)6)17-14(10)20-7-9(22-17)8-21-17/h9,19H,7-8H2,1-6H3/t9-,17+/m1/s1. The van der Waals surface area contributed by atoms with E-state index < -0.39 is 22.4 Å². The molecule has 0 aromatic heterocycles. The molecule has 0 aromatic carbocycles. The quantitative estimate of drug-likeness (QED) is 0.745. The van der Waals surface area contributed by atoms with Crippen molar-refractivity contribution in [3.05, 3.63) is 22.7 Å². The second-order valence-electron chi connectivity index (χ2n) is 8.24. The van der Waals surface area contributed by atoms with Gasteiger partial charge in [0.15, 0.2) is 11.5 Å². The molecule has 0 amide bonds. The van der Waals surface area contributed by atoms with E-state index in [2.05, 4.69) is 0 Å². The summed E-state index contributed by atoms with van der Waals surface area (Å²) in [6, 6.07) is 0. The van der Waals surface area contributed by atoms with Crippen molar-refractivity contribution in [1.29, 1.82) is 0 Å². The van der Waals surface area contributed by atoms with Gasteiger partial charge in [-0.25, -0.2) is 0 Å². The molecule has 0 aromatic rings. The maximum atomic E-state index is 12.8. The number of aliphatic hydroxyl groups is 1. The molecule has 0 unspecified atom stereocenters. The van der Waals surface area contributed by atoms with Gasteiger partial charge >= 0.3 is 0 Å². The first-order valence-corrected chi connectivity index (χ1v) is 7.67. The van der Waals surface area contributed by atoms with Crippen LogP contribution >= 0.6 is 0 Å².